The lowest BCUT2D eigenvalue weighted by atomic mass is 10.1. The molecule has 3 rings (SSSR count). The molecule has 1 heterocycles. The van der Waals surface area contributed by atoms with Gasteiger partial charge in [0.05, 0.1) is 0 Å². The van der Waals surface area contributed by atoms with Gasteiger partial charge in [-0.1, -0.05) is 95.2 Å². The van der Waals surface area contributed by atoms with Crippen LogP contribution in [0.25, 0.3) is 0 Å². The molecule has 1 fully saturated rings. The number of benzene rings is 2. The zero-order valence-corrected chi connectivity index (χ0v) is 34.9. The highest BCUT2D eigenvalue weighted by Crippen LogP contribution is 2.35. The summed E-state index contributed by atoms with van der Waals surface area (Å²) in [6.07, 6.45) is -0.499. The van der Waals surface area contributed by atoms with Crippen LogP contribution in [0.5, 0.6) is 11.5 Å². The SMILES string of the molecule is CC1(C)O[C@H](COc2cc(CSC(C)(C)C)cc(CSC(C)(C)C)c2)[C@@H](COc2cc(CSC(C)(C)C)cc(CSC(C)(C)C)c2)O1. The van der Waals surface area contributed by atoms with E-state index in [9.17, 15) is 0 Å². The Morgan fingerprint density at radius 3 is 0.979 bits per heavy atom. The Kier molecular flexibility index (Phi) is 14.4. The van der Waals surface area contributed by atoms with Crippen molar-refractivity contribution in [1.82, 2.24) is 0 Å². The first-order valence-corrected chi connectivity index (χ1v) is 20.8. The molecule has 1 aliphatic rings. The van der Waals surface area contributed by atoms with Gasteiger partial charge in [0.25, 0.3) is 0 Å². The smallest absolute Gasteiger partial charge is 0.164 e. The Labute approximate surface area is 304 Å². The van der Waals surface area contributed by atoms with E-state index in [0.29, 0.717) is 13.2 Å². The second-order valence-electron chi connectivity index (χ2n) is 16.9. The molecule has 2 atom stereocenters. The molecule has 0 spiro atoms. The van der Waals surface area contributed by atoms with Crippen molar-refractivity contribution < 1.29 is 18.9 Å². The molecule has 0 aromatic heterocycles. The zero-order chi connectivity index (χ0) is 35.3. The van der Waals surface area contributed by atoms with Crippen molar-refractivity contribution in [3.05, 3.63) is 58.7 Å². The van der Waals surface area contributed by atoms with Crippen LogP contribution in [0.4, 0.5) is 0 Å². The highest BCUT2D eigenvalue weighted by Gasteiger charge is 2.42. The lowest BCUT2D eigenvalue weighted by Gasteiger charge is -2.22. The maximum Gasteiger partial charge on any atom is 0.164 e. The van der Waals surface area contributed by atoms with Crippen LogP contribution >= 0.6 is 47.0 Å². The van der Waals surface area contributed by atoms with Crippen molar-refractivity contribution in [1.29, 1.82) is 0 Å². The number of thioether (sulfide) groups is 4. The molecule has 4 nitrogen and oxygen atoms in total. The van der Waals surface area contributed by atoms with E-state index < -0.39 is 5.79 Å². The average Bonchev–Trinajstić information content (AvgIpc) is 3.22. The fraction of sp³-hybridized carbons (Fsp3) is 0.692. The Hall–Kier alpha value is -0.640. The van der Waals surface area contributed by atoms with Crippen LogP contribution in [0, 0.1) is 0 Å². The van der Waals surface area contributed by atoms with E-state index in [2.05, 4.69) is 119 Å². The molecule has 2 aromatic rings. The fourth-order valence-corrected chi connectivity index (χ4v) is 7.77. The minimum absolute atomic E-state index is 0.197. The first-order valence-electron chi connectivity index (χ1n) is 16.9. The summed E-state index contributed by atoms with van der Waals surface area (Å²) in [6.45, 7) is 31.9. The van der Waals surface area contributed by atoms with Crippen molar-refractivity contribution >= 4 is 47.0 Å². The van der Waals surface area contributed by atoms with Gasteiger partial charge in [-0.15, -0.1) is 0 Å². The molecule has 0 N–H and O–H groups in total. The highest BCUT2D eigenvalue weighted by atomic mass is 32.2. The van der Waals surface area contributed by atoms with E-state index in [0.717, 1.165) is 34.5 Å². The molecule has 47 heavy (non-hydrogen) atoms. The molecule has 266 valence electrons. The van der Waals surface area contributed by atoms with Crippen LogP contribution in [-0.2, 0) is 32.5 Å². The normalized spacial score (nSPS) is 18.9. The van der Waals surface area contributed by atoms with Crippen LogP contribution < -0.4 is 9.47 Å². The van der Waals surface area contributed by atoms with E-state index in [-0.39, 0.29) is 31.2 Å². The Morgan fingerprint density at radius 1 is 0.489 bits per heavy atom. The number of hydrogen-bond acceptors (Lipinski definition) is 8. The maximum atomic E-state index is 6.49. The topological polar surface area (TPSA) is 36.9 Å². The fourth-order valence-electron chi connectivity index (χ4n) is 4.70. The summed E-state index contributed by atoms with van der Waals surface area (Å²) in [5, 5.41) is 0. The molecular formula is C39H62O4S4. The summed E-state index contributed by atoms with van der Waals surface area (Å²) in [4.78, 5) is 0. The van der Waals surface area contributed by atoms with Crippen LogP contribution in [0.2, 0.25) is 0 Å². The van der Waals surface area contributed by atoms with Crippen molar-refractivity contribution in [3.8, 4) is 11.5 Å². The van der Waals surface area contributed by atoms with E-state index in [4.69, 9.17) is 18.9 Å². The van der Waals surface area contributed by atoms with Gasteiger partial charge >= 0.3 is 0 Å². The van der Waals surface area contributed by atoms with Crippen molar-refractivity contribution in [2.24, 2.45) is 0 Å². The van der Waals surface area contributed by atoms with Crippen LogP contribution in [0.3, 0.4) is 0 Å². The third-order valence-electron chi connectivity index (χ3n) is 6.85. The minimum Gasteiger partial charge on any atom is -0.491 e. The Bertz CT molecular complexity index is 1110. The molecule has 2 aromatic carbocycles. The van der Waals surface area contributed by atoms with Gasteiger partial charge in [0.2, 0.25) is 0 Å². The summed E-state index contributed by atoms with van der Waals surface area (Å²) in [6, 6.07) is 13.4. The summed E-state index contributed by atoms with van der Waals surface area (Å²) in [5.41, 5.74) is 5.17. The van der Waals surface area contributed by atoms with E-state index >= 15 is 0 Å². The second kappa shape index (κ2) is 16.6. The molecule has 0 unspecified atom stereocenters. The van der Waals surface area contributed by atoms with Gasteiger partial charge in [0.1, 0.15) is 36.9 Å². The van der Waals surface area contributed by atoms with Gasteiger partial charge in [-0.2, -0.15) is 47.0 Å². The van der Waals surface area contributed by atoms with Crippen molar-refractivity contribution in [2.75, 3.05) is 13.2 Å². The molecule has 0 radical (unpaired) electrons. The lowest BCUT2D eigenvalue weighted by molar-refractivity contribution is -0.150. The quantitative estimate of drug-likeness (QED) is 0.191. The van der Waals surface area contributed by atoms with Gasteiger partial charge in [-0.05, 0) is 60.4 Å². The highest BCUT2D eigenvalue weighted by molar-refractivity contribution is 8.00. The summed E-state index contributed by atoms with van der Waals surface area (Å²) < 4.78 is 26.5. The molecule has 0 bridgehead atoms. The largest absolute Gasteiger partial charge is 0.491 e. The number of ether oxygens (including phenoxy) is 4. The number of rotatable bonds is 14. The molecule has 0 saturated carbocycles. The molecular weight excluding hydrogens is 661 g/mol. The Balaban J connectivity index is 1.74. The standard InChI is InChI=1S/C39H62O4S4/c1-35(2,3)44-23-27-15-28(24-45-36(4,5)6)18-31(17-27)40-21-33-34(43-39(13,14)42-33)22-41-32-19-29(25-46-37(7,8)9)16-30(20-32)26-47-38(10,11)12/h15-20,33-34H,21-26H2,1-14H3/t33-,34-/m1/s1. The van der Waals surface area contributed by atoms with E-state index in [1.165, 1.54) is 22.3 Å². The maximum absolute atomic E-state index is 6.49. The van der Waals surface area contributed by atoms with E-state index in [1.54, 1.807) is 0 Å². The van der Waals surface area contributed by atoms with Crippen LogP contribution in [0.1, 0.15) is 119 Å². The minimum atomic E-state index is -0.707. The van der Waals surface area contributed by atoms with Crippen molar-refractivity contribution in [2.45, 2.75) is 157 Å². The van der Waals surface area contributed by atoms with Crippen molar-refractivity contribution in [3.63, 3.8) is 0 Å². The zero-order valence-electron chi connectivity index (χ0n) is 31.6. The first-order chi connectivity index (χ1) is 21.4. The molecule has 8 heteroatoms. The van der Waals surface area contributed by atoms with Crippen LogP contribution in [-0.4, -0.2) is 50.2 Å². The van der Waals surface area contributed by atoms with Gasteiger partial charge in [-0.3, -0.25) is 0 Å². The molecule has 1 saturated heterocycles. The van der Waals surface area contributed by atoms with Gasteiger partial charge < -0.3 is 18.9 Å². The first kappa shape index (κ1) is 40.8. The predicted octanol–water partition coefficient (Wildman–Crippen LogP) is 11.8. The summed E-state index contributed by atoms with van der Waals surface area (Å²) in [5.74, 6) is 4.86. The Morgan fingerprint density at radius 2 is 0.745 bits per heavy atom. The molecule has 1 aliphatic heterocycles. The lowest BCUT2D eigenvalue weighted by Crippen LogP contribution is -2.33. The van der Waals surface area contributed by atoms with Crippen LogP contribution in [0.15, 0.2) is 36.4 Å². The molecule has 0 aliphatic carbocycles. The van der Waals surface area contributed by atoms with Gasteiger partial charge in [0.15, 0.2) is 5.79 Å². The second-order valence-corrected chi connectivity index (χ2v) is 24.1. The number of hydrogen-bond donors (Lipinski definition) is 0. The summed E-state index contributed by atoms with van der Waals surface area (Å²) in [7, 11) is 0. The van der Waals surface area contributed by atoms with Gasteiger partial charge in [0, 0.05) is 42.0 Å². The predicted molar refractivity (Wildman–Crippen MR) is 212 cm³/mol. The third-order valence-corrected chi connectivity index (χ3v) is 12.2. The monoisotopic (exact) mass is 722 g/mol. The molecule has 0 amide bonds. The van der Waals surface area contributed by atoms with E-state index in [1.807, 2.05) is 60.9 Å². The van der Waals surface area contributed by atoms with Gasteiger partial charge in [-0.25, -0.2) is 0 Å². The average molecular weight is 723 g/mol. The third kappa shape index (κ3) is 16.7. The summed E-state index contributed by atoms with van der Waals surface area (Å²) >= 11 is 7.84.